The molecule has 0 saturated heterocycles. The summed E-state index contributed by atoms with van der Waals surface area (Å²) in [4.78, 5) is 8.36. The Morgan fingerprint density at radius 2 is 1.38 bits per heavy atom. The molecule has 0 amide bonds. The monoisotopic (exact) mass is 418 g/mol. The molecule has 2 heterocycles. The van der Waals surface area contributed by atoms with E-state index in [0.717, 1.165) is 33.6 Å². The summed E-state index contributed by atoms with van der Waals surface area (Å²) in [6.45, 7) is 1.31. The molecule has 5 rings (SSSR count). The predicted molar refractivity (Wildman–Crippen MR) is 129 cm³/mol. The van der Waals surface area contributed by atoms with Crippen LogP contribution in [0.1, 0.15) is 0 Å². The van der Waals surface area contributed by atoms with Crippen LogP contribution in [0.15, 0.2) is 97.3 Å². The number of hydrogen-bond acceptors (Lipinski definition) is 6. The zero-order chi connectivity index (χ0) is 21.6. The van der Waals surface area contributed by atoms with Crippen LogP contribution in [0.2, 0.25) is 0 Å². The van der Waals surface area contributed by atoms with Crippen molar-refractivity contribution in [2.24, 2.45) is 0 Å². The molecule has 3 aromatic carbocycles. The first-order valence-electron chi connectivity index (χ1n) is 10.5. The number of nitrogens with one attached hydrogen (secondary N) is 2. The van der Waals surface area contributed by atoms with Gasteiger partial charge in [-0.2, -0.15) is 0 Å². The molecule has 0 unspecified atom stereocenters. The van der Waals surface area contributed by atoms with Crippen LogP contribution >= 0.6 is 0 Å². The van der Waals surface area contributed by atoms with Crippen molar-refractivity contribution in [3.8, 4) is 22.4 Å². The molecule has 0 radical (unpaired) electrons. The lowest BCUT2D eigenvalue weighted by Crippen LogP contribution is -2.16. The normalized spacial score (nSPS) is 10.8. The molecule has 0 aliphatic heterocycles. The molecule has 0 atom stereocenters. The summed E-state index contributed by atoms with van der Waals surface area (Å²) in [6.07, 6.45) is 3.43. The Bertz CT molecular complexity index is 1320. The fourth-order valence-electron chi connectivity index (χ4n) is 3.69. The summed E-state index contributed by atoms with van der Waals surface area (Å²) in [7, 11) is 0. The smallest absolute Gasteiger partial charge is 0.222 e. The molecule has 0 aliphatic carbocycles. The van der Waals surface area contributed by atoms with Crippen molar-refractivity contribution in [2.75, 3.05) is 23.7 Å². The molecular formula is C26H22N6. The second-order valence-corrected chi connectivity index (χ2v) is 7.31. The highest BCUT2D eigenvalue weighted by molar-refractivity contribution is 5.96. The van der Waals surface area contributed by atoms with Gasteiger partial charge in [0.25, 0.3) is 0 Å². The van der Waals surface area contributed by atoms with Gasteiger partial charge in [-0.3, -0.25) is 0 Å². The van der Waals surface area contributed by atoms with Gasteiger partial charge in [0.2, 0.25) is 5.95 Å². The predicted octanol–water partition coefficient (Wildman–Crippen LogP) is 5.28. The van der Waals surface area contributed by atoms with E-state index in [-0.39, 0.29) is 0 Å². The number of hydrogen-bond donors (Lipinski definition) is 2. The Kier molecular flexibility index (Phi) is 5.66. The summed E-state index contributed by atoms with van der Waals surface area (Å²) < 4.78 is 0. The Morgan fingerprint density at radius 3 is 2.25 bits per heavy atom. The number of aromatic nitrogens is 4. The first-order valence-corrected chi connectivity index (χ1v) is 10.5. The lowest BCUT2D eigenvalue weighted by Gasteiger charge is -2.13. The van der Waals surface area contributed by atoms with Gasteiger partial charge in [0.1, 0.15) is 0 Å². The fraction of sp³-hybridized carbons (Fsp3) is 0.0769. The van der Waals surface area contributed by atoms with Crippen molar-refractivity contribution in [3.05, 3.63) is 97.3 Å². The summed E-state index contributed by atoms with van der Waals surface area (Å²) in [6, 6.07) is 28.8. The Labute approximate surface area is 186 Å². The average Bonchev–Trinajstić information content (AvgIpc) is 2.87. The zero-order valence-corrected chi connectivity index (χ0v) is 17.4. The van der Waals surface area contributed by atoms with Crippen LogP contribution in [0.3, 0.4) is 0 Å². The maximum absolute atomic E-state index is 4.56. The van der Waals surface area contributed by atoms with Gasteiger partial charge in [-0.05, 0) is 28.5 Å². The SMILES string of the molecule is c1ccc(-c2cc(-c3cccc4ccccc34)nnc2NCCNc2ncccn2)cc1. The van der Waals surface area contributed by atoms with Gasteiger partial charge in [-0.25, -0.2) is 9.97 Å². The Balaban J connectivity index is 1.45. The van der Waals surface area contributed by atoms with Crippen LogP contribution in [-0.2, 0) is 0 Å². The van der Waals surface area contributed by atoms with Gasteiger partial charge in [0, 0.05) is 36.6 Å². The van der Waals surface area contributed by atoms with E-state index in [9.17, 15) is 0 Å². The number of benzene rings is 3. The largest absolute Gasteiger partial charge is 0.366 e. The standard InChI is InChI=1S/C26H22N6/c1-2-8-20(9-3-1)23-18-24(22-13-6-11-19-10-4-5-12-21(19)22)31-32-25(23)27-16-17-30-26-28-14-7-15-29-26/h1-15,18H,16-17H2,(H,27,32)(H,28,29,30). The minimum atomic E-state index is 0.606. The molecule has 0 spiro atoms. The molecule has 0 aliphatic rings. The molecule has 0 saturated carbocycles. The number of nitrogens with zero attached hydrogens (tertiary/aromatic N) is 4. The Morgan fingerprint density at radius 1 is 0.625 bits per heavy atom. The molecule has 0 fully saturated rings. The van der Waals surface area contributed by atoms with Gasteiger partial charge < -0.3 is 10.6 Å². The third-order valence-electron chi connectivity index (χ3n) is 5.21. The van der Waals surface area contributed by atoms with Crippen LogP contribution in [0.25, 0.3) is 33.2 Å². The third kappa shape index (κ3) is 4.25. The Hall–Kier alpha value is -4.32. The van der Waals surface area contributed by atoms with Gasteiger partial charge in [0.15, 0.2) is 5.82 Å². The van der Waals surface area contributed by atoms with Crippen LogP contribution in [0, 0.1) is 0 Å². The highest BCUT2D eigenvalue weighted by Crippen LogP contribution is 2.32. The van der Waals surface area contributed by atoms with Crippen molar-refractivity contribution in [3.63, 3.8) is 0 Å². The van der Waals surface area contributed by atoms with E-state index in [1.54, 1.807) is 18.5 Å². The number of fused-ring (bicyclic) bond motifs is 1. The third-order valence-corrected chi connectivity index (χ3v) is 5.21. The van der Waals surface area contributed by atoms with Gasteiger partial charge in [-0.1, -0.05) is 72.8 Å². The number of anilines is 2. The van der Waals surface area contributed by atoms with Crippen molar-refractivity contribution >= 4 is 22.5 Å². The fourth-order valence-corrected chi connectivity index (χ4v) is 3.69. The average molecular weight is 419 g/mol. The first-order chi connectivity index (χ1) is 15.9. The highest BCUT2D eigenvalue weighted by Gasteiger charge is 2.12. The first kappa shape index (κ1) is 19.6. The van der Waals surface area contributed by atoms with E-state index in [1.165, 1.54) is 5.39 Å². The summed E-state index contributed by atoms with van der Waals surface area (Å²) in [5.74, 6) is 1.35. The van der Waals surface area contributed by atoms with E-state index in [1.807, 2.05) is 18.2 Å². The molecule has 2 aromatic heterocycles. The molecule has 156 valence electrons. The van der Waals surface area contributed by atoms with E-state index < -0.39 is 0 Å². The second-order valence-electron chi connectivity index (χ2n) is 7.31. The van der Waals surface area contributed by atoms with E-state index in [0.29, 0.717) is 19.0 Å². The van der Waals surface area contributed by atoms with Crippen molar-refractivity contribution in [1.82, 2.24) is 20.2 Å². The van der Waals surface area contributed by atoms with Crippen LogP contribution < -0.4 is 10.6 Å². The second kappa shape index (κ2) is 9.22. The minimum Gasteiger partial charge on any atom is -0.366 e. The molecule has 0 bridgehead atoms. The van der Waals surface area contributed by atoms with Crippen LogP contribution in [-0.4, -0.2) is 33.3 Å². The molecule has 6 heteroatoms. The maximum Gasteiger partial charge on any atom is 0.222 e. The van der Waals surface area contributed by atoms with E-state index in [4.69, 9.17) is 0 Å². The lowest BCUT2D eigenvalue weighted by atomic mass is 9.99. The molecule has 32 heavy (non-hydrogen) atoms. The summed E-state index contributed by atoms with van der Waals surface area (Å²) in [5.41, 5.74) is 4.02. The van der Waals surface area contributed by atoms with Gasteiger partial charge in [0.05, 0.1) is 5.69 Å². The number of rotatable bonds is 7. The molecule has 6 nitrogen and oxygen atoms in total. The maximum atomic E-state index is 4.56. The van der Waals surface area contributed by atoms with Crippen molar-refractivity contribution in [1.29, 1.82) is 0 Å². The lowest BCUT2D eigenvalue weighted by molar-refractivity contribution is 0.983. The van der Waals surface area contributed by atoms with Crippen molar-refractivity contribution < 1.29 is 0 Å². The molecular weight excluding hydrogens is 396 g/mol. The van der Waals surface area contributed by atoms with E-state index in [2.05, 4.69) is 91.5 Å². The van der Waals surface area contributed by atoms with E-state index >= 15 is 0 Å². The quantitative estimate of drug-likeness (QED) is 0.350. The van der Waals surface area contributed by atoms with Crippen LogP contribution in [0.4, 0.5) is 11.8 Å². The summed E-state index contributed by atoms with van der Waals surface area (Å²) >= 11 is 0. The van der Waals surface area contributed by atoms with Gasteiger partial charge >= 0.3 is 0 Å². The van der Waals surface area contributed by atoms with Crippen molar-refractivity contribution in [2.45, 2.75) is 0 Å². The van der Waals surface area contributed by atoms with Gasteiger partial charge in [-0.15, -0.1) is 10.2 Å². The summed E-state index contributed by atoms with van der Waals surface area (Å²) in [5, 5.41) is 18.1. The zero-order valence-electron chi connectivity index (χ0n) is 17.4. The molecule has 5 aromatic rings. The minimum absolute atomic E-state index is 0.606. The van der Waals surface area contributed by atoms with Crippen LogP contribution in [0.5, 0.6) is 0 Å². The molecule has 2 N–H and O–H groups in total. The topological polar surface area (TPSA) is 75.6 Å². The highest BCUT2D eigenvalue weighted by atomic mass is 15.2.